The number of halogens is 2. The molecule has 0 amide bonds. The normalized spacial score (nSPS) is 13.7. The number of nitrogens with two attached hydrogens (primary N) is 1. The van der Waals surface area contributed by atoms with Crippen molar-refractivity contribution in [2.75, 3.05) is 6.61 Å². The molecule has 0 saturated heterocycles. The molecule has 0 heterocycles. The minimum Gasteiger partial charge on any atom is -0.374 e. The third-order valence-corrected chi connectivity index (χ3v) is 3.16. The molecule has 102 valence electrons. The van der Waals surface area contributed by atoms with Crippen LogP contribution in [0.25, 0.3) is 0 Å². The lowest BCUT2D eigenvalue weighted by molar-refractivity contribution is -0.0143. The van der Waals surface area contributed by atoms with Crippen LogP contribution in [0.15, 0.2) is 18.2 Å². The summed E-state index contributed by atoms with van der Waals surface area (Å²) in [6, 6.07) is 5.62. The van der Waals surface area contributed by atoms with E-state index in [0.717, 1.165) is 12.0 Å². The van der Waals surface area contributed by atoms with Gasteiger partial charge in [0, 0.05) is 6.04 Å². The van der Waals surface area contributed by atoms with Crippen molar-refractivity contribution in [2.45, 2.75) is 38.8 Å². The van der Waals surface area contributed by atoms with Gasteiger partial charge in [-0.1, -0.05) is 29.3 Å². The van der Waals surface area contributed by atoms with Crippen LogP contribution in [-0.2, 0) is 11.2 Å². The van der Waals surface area contributed by atoms with Gasteiger partial charge in [0.1, 0.15) is 0 Å². The summed E-state index contributed by atoms with van der Waals surface area (Å²) in [7, 11) is 0. The van der Waals surface area contributed by atoms with E-state index in [1.807, 2.05) is 32.9 Å². The van der Waals surface area contributed by atoms with Crippen molar-refractivity contribution in [2.24, 2.45) is 5.84 Å². The highest BCUT2D eigenvalue weighted by Crippen LogP contribution is 2.23. The Balaban J connectivity index is 2.59. The predicted molar refractivity (Wildman–Crippen MR) is 77.0 cm³/mol. The topological polar surface area (TPSA) is 47.3 Å². The van der Waals surface area contributed by atoms with Gasteiger partial charge < -0.3 is 4.74 Å². The first-order valence-corrected chi connectivity index (χ1v) is 6.61. The van der Waals surface area contributed by atoms with Gasteiger partial charge in [-0.3, -0.25) is 11.3 Å². The van der Waals surface area contributed by atoms with Crippen LogP contribution in [0.2, 0.25) is 10.0 Å². The number of hydrazine groups is 1. The minimum absolute atomic E-state index is 0.0430. The molecule has 1 unspecified atom stereocenters. The first-order chi connectivity index (χ1) is 8.31. The standard InChI is InChI=1S/C13H20Cl2N2O/c1-13(2,3)18-8-10(17-16)6-9-4-5-11(14)12(15)7-9/h4-5,7,10,17H,6,8,16H2,1-3H3. The third kappa shape index (κ3) is 5.55. The van der Waals surface area contributed by atoms with Gasteiger partial charge in [0.05, 0.1) is 22.3 Å². The fourth-order valence-electron chi connectivity index (χ4n) is 1.47. The van der Waals surface area contributed by atoms with Gasteiger partial charge in [-0.2, -0.15) is 0 Å². The molecule has 0 aliphatic heterocycles. The van der Waals surface area contributed by atoms with Gasteiger partial charge in [0.25, 0.3) is 0 Å². The number of hydrogen-bond acceptors (Lipinski definition) is 3. The zero-order valence-electron chi connectivity index (χ0n) is 11.0. The molecule has 0 spiro atoms. The molecule has 0 aliphatic rings. The molecule has 1 atom stereocenters. The molecule has 18 heavy (non-hydrogen) atoms. The molecule has 0 aliphatic carbocycles. The molecule has 0 bridgehead atoms. The highest BCUT2D eigenvalue weighted by molar-refractivity contribution is 6.42. The van der Waals surface area contributed by atoms with Crippen molar-refractivity contribution in [1.82, 2.24) is 5.43 Å². The van der Waals surface area contributed by atoms with Gasteiger partial charge in [-0.15, -0.1) is 0 Å². The second-order valence-electron chi connectivity index (χ2n) is 5.24. The van der Waals surface area contributed by atoms with Crippen LogP contribution in [0.1, 0.15) is 26.3 Å². The van der Waals surface area contributed by atoms with Crippen LogP contribution in [0, 0.1) is 0 Å². The SMILES string of the molecule is CC(C)(C)OCC(Cc1ccc(Cl)c(Cl)c1)NN. The van der Waals surface area contributed by atoms with Crippen molar-refractivity contribution in [3.05, 3.63) is 33.8 Å². The first kappa shape index (κ1) is 15.7. The third-order valence-electron chi connectivity index (χ3n) is 2.42. The predicted octanol–water partition coefficient (Wildman–Crippen LogP) is 3.18. The Morgan fingerprint density at radius 1 is 1.28 bits per heavy atom. The summed E-state index contributed by atoms with van der Waals surface area (Å²) in [5.41, 5.74) is 3.66. The number of ether oxygens (including phenoxy) is 1. The number of nitrogens with one attached hydrogen (secondary N) is 1. The summed E-state index contributed by atoms with van der Waals surface area (Å²) >= 11 is 11.9. The first-order valence-electron chi connectivity index (χ1n) is 5.86. The highest BCUT2D eigenvalue weighted by Gasteiger charge is 2.15. The molecule has 3 N–H and O–H groups in total. The maximum absolute atomic E-state index is 5.98. The molecule has 1 aromatic carbocycles. The lowest BCUT2D eigenvalue weighted by Crippen LogP contribution is -2.42. The van der Waals surface area contributed by atoms with Crippen molar-refractivity contribution in [1.29, 1.82) is 0 Å². The number of benzene rings is 1. The lowest BCUT2D eigenvalue weighted by Gasteiger charge is -2.24. The Morgan fingerprint density at radius 2 is 1.94 bits per heavy atom. The van der Waals surface area contributed by atoms with Gasteiger partial charge in [-0.25, -0.2) is 0 Å². The Labute approximate surface area is 119 Å². The summed E-state index contributed by atoms with van der Waals surface area (Å²) in [5.74, 6) is 5.53. The van der Waals surface area contributed by atoms with Crippen LogP contribution in [0.3, 0.4) is 0 Å². The van der Waals surface area contributed by atoms with E-state index in [-0.39, 0.29) is 11.6 Å². The van der Waals surface area contributed by atoms with E-state index in [1.165, 1.54) is 0 Å². The summed E-state index contributed by atoms with van der Waals surface area (Å²) < 4.78 is 5.71. The van der Waals surface area contributed by atoms with E-state index in [2.05, 4.69) is 5.43 Å². The van der Waals surface area contributed by atoms with E-state index in [0.29, 0.717) is 16.7 Å². The smallest absolute Gasteiger partial charge is 0.0643 e. The van der Waals surface area contributed by atoms with Crippen LogP contribution in [0.4, 0.5) is 0 Å². The minimum atomic E-state index is -0.174. The Hall–Kier alpha value is -0.320. The van der Waals surface area contributed by atoms with Gasteiger partial charge in [0.2, 0.25) is 0 Å². The van der Waals surface area contributed by atoms with Crippen molar-refractivity contribution in [3.63, 3.8) is 0 Å². The highest BCUT2D eigenvalue weighted by atomic mass is 35.5. The second kappa shape index (κ2) is 6.73. The molecule has 0 radical (unpaired) electrons. The largest absolute Gasteiger partial charge is 0.374 e. The van der Waals surface area contributed by atoms with E-state index in [4.69, 9.17) is 33.8 Å². The summed E-state index contributed by atoms with van der Waals surface area (Å²) in [6.07, 6.45) is 0.740. The second-order valence-corrected chi connectivity index (χ2v) is 6.05. The fraction of sp³-hybridized carbons (Fsp3) is 0.538. The van der Waals surface area contributed by atoms with Gasteiger partial charge in [0.15, 0.2) is 0 Å². The fourth-order valence-corrected chi connectivity index (χ4v) is 1.79. The van der Waals surface area contributed by atoms with Crippen LogP contribution in [-0.4, -0.2) is 18.2 Å². The quantitative estimate of drug-likeness (QED) is 0.647. The van der Waals surface area contributed by atoms with Crippen LogP contribution < -0.4 is 11.3 Å². The molecule has 1 aromatic rings. The Bertz CT molecular complexity index is 391. The molecular formula is C13H20Cl2N2O. The van der Waals surface area contributed by atoms with Crippen molar-refractivity contribution >= 4 is 23.2 Å². The molecule has 0 fully saturated rings. The summed E-state index contributed by atoms with van der Waals surface area (Å²) in [5, 5.41) is 1.12. The zero-order valence-corrected chi connectivity index (χ0v) is 12.5. The summed E-state index contributed by atoms with van der Waals surface area (Å²) in [6.45, 7) is 6.58. The van der Waals surface area contributed by atoms with Crippen LogP contribution >= 0.6 is 23.2 Å². The molecular weight excluding hydrogens is 271 g/mol. The van der Waals surface area contributed by atoms with E-state index < -0.39 is 0 Å². The maximum Gasteiger partial charge on any atom is 0.0643 e. The van der Waals surface area contributed by atoms with Gasteiger partial charge in [-0.05, 0) is 44.9 Å². The molecule has 3 nitrogen and oxygen atoms in total. The average molecular weight is 291 g/mol. The number of rotatable bonds is 5. The maximum atomic E-state index is 5.98. The van der Waals surface area contributed by atoms with Crippen molar-refractivity contribution in [3.8, 4) is 0 Å². The van der Waals surface area contributed by atoms with E-state index in [9.17, 15) is 0 Å². The zero-order chi connectivity index (χ0) is 13.8. The average Bonchev–Trinajstić information content (AvgIpc) is 2.28. The molecule has 5 heteroatoms. The number of hydrogen-bond donors (Lipinski definition) is 2. The Morgan fingerprint density at radius 3 is 2.44 bits per heavy atom. The summed E-state index contributed by atoms with van der Waals surface area (Å²) in [4.78, 5) is 0. The van der Waals surface area contributed by atoms with Crippen molar-refractivity contribution < 1.29 is 4.74 Å². The monoisotopic (exact) mass is 290 g/mol. The van der Waals surface area contributed by atoms with E-state index >= 15 is 0 Å². The molecule has 0 aromatic heterocycles. The van der Waals surface area contributed by atoms with Crippen LogP contribution in [0.5, 0.6) is 0 Å². The Kier molecular flexibility index (Phi) is 5.89. The van der Waals surface area contributed by atoms with E-state index in [1.54, 1.807) is 6.07 Å². The lowest BCUT2D eigenvalue weighted by atomic mass is 10.1. The molecule has 0 saturated carbocycles. The molecule has 1 rings (SSSR count). The van der Waals surface area contributed by atoms with Gasteiger partial charge >= 0.3 is 0 Å².